The summed E-state index contributed by atoms with van der Waals surface area (Å²) < 4.78 is 0. The third kappa shape index (κ3) is 5.79. The summed E-state index contributed by atoms with van der Waals surface area (Å²) in [6.07, 6.45) is 0. The first-order valence-corrected chi connectivity index (χ1v) is 9.23. The summed E-state index contributed by atoms with van der Waals surface area (Å²) in [6.45, 7) is 4.55. The Kier molecular flexibility index (Phi) is 6.39. The average Bonchev–Trinajstić information content (AvgIpc) is 2.68. The highest BCUT2D eigenvalue weighted by molar-refractivity contribution is 5.64. The Labute approximate surface area is 161 Å². The van der Waals surface area contributed by atoms with Gasteiger partial charge in [0, 0.05) is 31.3 Å². The summed E-state index contributed by atoms with van der Waals surface area (Å²) in [5, 5.41) is 6.76. The van der Waals surface area contributed by atoms with Crippen LogP contribution in [0.1, 0.15) is 11.1 Å². The number of anilines is 2. The van der Waals surface area contributed by atoms with Crippen LogP contribution in [-0.4, -0.2) is 42.1 Å². The minimum Gasteiger partial charge on any atom is -0.369 e. The minimum absolute atomic E-state index is 0.629. The van der Waals surface area contributed by atoms with Crippen LogP contribution in [0, 0.1) is 6.92 Å². The van der Waals surface area contributed by atoms with Gasteiger partial charge in [-0.1, -0.05) is 60.2 Å². The maximum Gasteiger partial charge on any atom is 0.225 e. The van der Waals surface area contributed by atoms with Crippen LogP contribution < -0.4 is 10.6 Å². The van der Waals surface area contributed by atoms with E-state index in [4.69, 9.17) is 4.98 Å². The first kappa shape index (κ1) is 18.9. The number of aromatic nitrogens is 2. The number of likely N-dealkylation sites (N-methyl/N-ethyl adjacent to an activating group) is 1. The lowest BCUT2D eigenvalue weighted by molar-refractivity contribution is 0.425. The fraction of sp³-hybridized carbons (Fsp3) is 0.273. The number of rotatable bonds is 8. The van der Waals surface area contributed by atoms with E-state index in [1.165, 1.54) is 11.1 Å². The van der Waals surface area contributed by atoms with Crippen LogP contribution in [0.2, 0.25) is 0 Å². The van der Waals surface area contributed by atoms with Crippen LogP contribution in [0.15, 0.2) is 60.7 Å². The summed E-state index contributed by atoms with van der Waals surface area (Å²) in [7, 11) is 4.12. The molecule has 2 N–H and O–H groups in total. The highest BCUT2D eigenvalue weighted by Crippen LogP contribution is 2.21. The lowest BCUT2D eigenvalue weighted by Crippen LogP contribution is -2.21. The van der Waals surface area contributed by atoms with Crippen LogP contribution in [0.5, 0.6) is 0 Å². The molecule has 3 rings (SSSR count). The molecule has 1 heterocycles. The lowest BCUT2D eigenvalue weighted by Gasteiger charge is -2.13. The Morgan fingerprint density at radius 2 is 1.63 bits per heavy atom. The van der Waals surface area contributed by atoms with E-state index in [0.717, 1.165) is 30.2 Å². The van der Waals surface area contributed by atoms with E-state index >= 15 is 0 Å². The van der Waals surface area contributed by atoms with Crippen LogP contribution in [0.4, 0.5) is 11.8 Å². The van der Waals surface area contributed by atoms with Gasteiger partial charge in [0.25, 0.3) is 0 Å². The van der Waals surface area contributed by atoms with E-state index in [9.17, 15) is 0 Å². The molecule has 3 aromatic rings. The predicted molar refractivity (Wildman–Crippen MR) is 113 cm³/mol. The zero-order valence-corrected chi connectivity index (χ0v) is 16.2. The molecule has 0 atom stereocenters. The van der Waals surface area contributed by atoms with Crippen molar-refractivity contribution in [2.24, 2.45) is 0 Å². The molecule has 0 saturated carbocycles. The molecule has 27 heavy (non-hydrogen) atoms. The Morgan fingerprint density at radius 1 is 0.889 bits per heavy atom. The van der Waals surface area contributed by atoms with Gasteiger partial charge < -0.3 is 15.5 Å². The first-order chi connectivity index (χ1) is 13.1. The van der Waals surface area contributed by atoms with Crippen molar-refractivity contribution in [3.63, 3.8) is 0 Å². The number of hydrogen-bond acceptors (Lipinski definition) is 5. The van der Waals surface area contributed by atoms with Gasteiger partial charge in [-0.25, -0.2) is 4.98 Å². The maximum absolute atomic E-state index is 4.71. The number of benzene rings is 2. The zero-order valence-electron chi connectivity index (χ0n) is 16.2. The molecule has 1 aromatic heterocycles. The quantitative estimate of drug-likeness (QED) is 0.634. The molecule has 5 heteroatoms. The molecule has 0 aliphatic heterocycles. The molecule has 0 saturated heterocycles. The van der Waals surface area contributed by atoms with E-state index in [1.807, 2.05) is 24.3 Å². The third-order valence-electron chi connectivity index (χ3n) is 4.23. The standard InChI is InChI=1S/C22H27N5/c1-17-9-11-18(12-10-17)16-24-22-25-20(19-7-5-4-6-8-19)15-21(26-22)23-13-14-27(2)3/h4-12,15H,13-14,16H2,1-3H3,(H2,23,24,25,26). The SMILES string of the molecule is Cc1ccc(CNc2nc(NCCN(C)C)cc(-c3ccccc3)n2)cc1. The van der Waals surface area contributed by atoms with Gasteiger partial charge >= 0.3 is 0 Å². The van der Waals surface area contributed by atoms with E-state index in [2.05, 4.69) is 77.9 Å². The topological polar surface area (TPSA) is 53.1 Å². The van der Waals surface area contributed by atoms with Gasteiger partial charge in [0.1, 0.15) is 5.82 Å². The van der Waals surface area contributed by atoms with Crippen molar-refractivity contribution in [2.75, 3.05) is 37.8 Å². The second-order valence-electron chi connectivity index (χ2n) is 6.90. The largest absolute Gasteiger partial charge is 0.369 e. The van der Waals surface area contributed by atoms with E-state index < -0.39 is 0 Å². The zero-order chi connectivity index (χ0) is 19.1. The number of hydrogen-bond donors (Lipinski definition) is 2. The van der Waals surface area contributed by atoms with E-state index in [1.54, 1.807) is 0 Å². The molecule has 0 spiro atoms. The Balaban J connectivity index is 1.79. The van der Waals surface area contributed by atoms with Crippen molar-refractivity contribution in [3.05, 3.63) is 71.8 Å². The summed E-state index contributed by atoms with van der Waals surface area (Å²) in [5.41, 5.74) is 4.45. The number of nitrogens with zero attached hydrogens (tertiary/aromatic N) is 3. The molecule has 0 bridgehead atoms. The lowest BCUT2D eigenvalue weighted by atomic mass is 10.1. The molecule has 0 aliphatic rings. The van der Waals surface area contributed by atoms with E-state index in [-0.39, 0.29) is 0 Å². The highest BCUT2D eigenvalue weighted by atomic mass is 15.2. The van der Waals surface area contributed by atoms with Gasteiger partial charge in [-0.15, -0.1) is 0 Å². The van der Waals surface area contributed by atoms with Gasteiger partial charge in [-0.05, 0) is 26.6 Å². The Bertz CT molecular complexity index is 844. The molecule has 140 valence electrons. The van der Waals surface area contributed by atoms with Crippen molar-refractivity contribution >= 4 is 11.8 Å². The molecule has 0 aliphatic carbocycles. The van der Waals surface area contributed by atoms with Crippen molar-refractivity contribution < 1.29 is 0 Å². The molecule has 0 radical (unpaired) electrons. The number of aryl methyl sites for hydroxylation is 1. The van der Waals surface area contributed by atoms with Gasteiger partial charge in [-0.3, -0.25) is 0 Å². The Hall–Kier alpha value is -2.92. The van der Waals surface area contributed by atoms with Crippen molar-refractivity contribution in [1.82, 2.24) is 14.9 Å². The fourth-order valence-electron chi connectivity index (χ4n) is 2.67. The van der Waals surface area contributed by atoms with Crippen LogP contribution in [-0.2, 0) is 6.54 Å². The van der Waals surface area contributed by atoms with Crippen LogP contribution in [0.3, 0.4) is 0 Å². The molecule has 0 amide bonds. The normalized spacial score (nSPS) is 10.8. The van der Waals surface area contributed by atoms with Gasteiger partial charge in [0.2, 0.25) is 5.95 Å². The summed E-state index contributed by atoms with van der Waals surface area (Å²) in [5.74, 6) is 1.46. The molecule has 0 unspecified atom stereocenters. The monoisotopic (exact) mass is 361 g/mol. The van der Waals surface area contributed by atoms with E-state index in [0.29, 0.717) is 12.5 Å². The summed E-state index contributed by atoms with van der Waals surface area (Å²) in [6, 6.07) is 20.7. The molecule has 0 fully saturated rings. The minimum atomic E-state index is 0.629. The first-order valence-electron chi connectivity index (χ1n) is 9.23. The molecular weight excluding hydrogens is 334 g/mol. The number of nitrogens with one attached hydrogen (secondary N) is 2. The molecule has 2 aromatic carbocycles. The predicted octanol–water partition coefficient (Wildman–Crippen LogP) is 4.04. The fourth-order valence-corrected chi connectivity index (χ4v) is 2.67. The Morgan fingerprint density at radius 3 is 2.33 bits per heavy atom. The smallest absolute Gasteiger partial charge is 0.225 e. The average molecular weight is 361 g/mol. The van der Waals surface area contributed by atoms with Crippen molar-refractivity contribution in [1.29, 1.82) is 0 Å². The highest BCUT2D eigenvalue weighted by Gasteiger charge is 2.07. The third-order valence-corrected chi connectivity index (χ3v) is 4.23. The maximum atomic E-state index is 4.71. The van der Waals surface area contributed by atoms with Crippen molar-refractivity contribution in [3.8, 4) is 11.3 Å². The van der Waals surface area contributed by atoms with Crippen LogP contribution in [0.25, 0.3) is 11.3 Å². The van der Waals surface area contributed by atoms with Crippen LogP contribution >= 0.6 is 0 Å². The van der Waals surface area contributed by atoms with Gasteiger partial charge in [-0.2, -0.15) is 4.98 Å². The van der Waals surface area contributed by atoms with Gasteiger partial charge in [0.05, 0.1) is 5.69 Å². The van der Waals surface area contributed by atoms with Crippen molar-refractivity contribution in [2.45, 2.75) is 13.5 Å². The van der Waals surface area contributed by atoms with Gasteiger partial charge in [0.15, 0.2) is 0 Å². The second-order valence-corrected chi connectivity index (χ2v) is 6.90. The molecular formula is C22H27N5. The second kappa shape index (κ2) is 9.14. The summed E-state index contributed by atoms with van der Waals surface area (Å²) >= 11 is 0. The molecule has 5 nitrogen and oxygen atoms in total. The summed E-state index contributed by atoms with van der Waals surface area (Å²) in [4.78, 5) is 11.5.